The third kappa shape index (κ3) is 2.51. The van der Waals surface area contributed by atoms with Gasteiger partial charge in [0.25, 0.3) is 0 Å². The predicted octanol–water partition coefficient (Wildman–Crippen LogP) is 1.77. The van der Waals surface area contributed by atoms with Crippen molar-refractivity contribution in [3.8, 4) is 5.69 Å². The van der Waals surface area contributed by atoms with Gasteiger partial charge >= 0.3 is 6.18 Å². The van der Waals surface area contributed by atoms with E-state index in [2.05, 4.69) is 5.10 Å². The van der Waals surface area contributed by atoms with Crippen molar-refractivity contribution in [3.63, 3.8) is 0 Å². The Balaban J connectivity index is 2.47. The first kappa shape index (κ1) is 15.7. The Labute approximate surface area is 132 Å². The second kappa shape index (κ2) is 5.48. The Morgan fingerprint density at radius 2 is 1.67 bits per heavy atom. The highest BCUT2D eigenvalue weighted by atomic mass is 19.4. The number of para-hydroxylation sites is 2. The number of carboxylic acids is 1. The second-order valence-electron chi connectivity index (χ2n) is 4.91. The number of hydrogen-bond acceptors (Lipinski definition) is 4. The number of alkyl halides is 3. The number of aromatic nitrogens is 2. The lowest BCUT2D eigenvalue weighted by atomic mass is 10.1. The van der Waals surface area contributed by atoms with Crippen molar-refractivity contribution in [2.45, 2.75) is 6.18 Å². The first-order valence-electron chi connectivity index (χ1n) is 6.70. The Kier molecular flexibility index (Phi) is 3.59. The van der Waals surface area contributed by atoms with Crippen molar-refractivity contribution in [2.24, 2.45) is 0 Å². The zero-order chi connectivity index (χ0) is 17.5. The van der Waals surface area contributed by atoms with E-state index in [1.54, 1.807) is 0 Å². The minimum atomic E-state index is -4.68. The fraction of sp³-hybridized carbons (Fsp3) is 0.0625. The molecule has 0 aliphatic rings. The number of halogens is 3. The highest BCUT2D eigenvalue weighted by Crippen LogP contribution is 2.34. The molecule has 0 unspecified atom stereocenters. The maximum absolute atomic E-state index is 13.2. The Morgan fingerprint density at radius 1 is 1.04 bits per heavy atom. The fourth-order valence-electron chi connectivity index (χ4n) is 2.39. The summed E-state index contributed by atoms with van der Waals surface area (Å²) >= 11 is 0. The van der Waals surface area contributed by atoms with Crippen LogP contribution in [0.15, 0.2) is 53.3 Å². The van der Waals surface area contributed by atoms with Crippen LogP contribution in [-0.2, 0) is 6.18 Å². The molecule has 0 saturated carbocycles. The standard InChI is InChI=1S/C16H9F3N2O3/c17-16(18,19)10-6-2-4-8-12(10)21-11-7-3-1-5-9(11)14(22)13(20-21)15(23)24/h1-8H,(H,23,24)/p-1. The molecular formula is C16H8F3N2O3-. The van der Waals surface area contributed by atoms with Crippen LogP contribution in [0, 0.1) is 0 Å². The molecular weight excluding hydrogens is 325 g/mol. The van der Waals surface area contributed by atoms with E-state index in [4.69, 9.17) is 0 Å². The highest BCUT2D eigenvalue weighted by Gasteiger charge is 2.34. The van der Waals surface area contributed by atoms with Gasteiger partial charge in [0, 0.05) is 0 Å². The molecule has 0 aliphatic carbocycles. The number of hydrogen-bond donors (Lipinski definition) is 0. The number of carbonyl (C=O) groups is 1. The third-order valence-electron chi connectivity index (χ3n) is 3.42. The topological polar surface area (TPSA) is 75.0 Å². The monoisotopic (exact) mass is 333 g/mol. The molecule has 0 saturated heterocycles. The molecule has 2 aromatic carbocycles. The Bertz CT molecular complexity index is 1010. The van der Waals surface area contributed by atoms with E-state index in [1.807, 2.05) is 0 Å². The van der Waals surface area contributed by atoms with Gasteiger partial charge in [0.2, 0.25) is 5.43 Å². The summed E-state index contributed by atoms with van der Waals surface area (Å²) in [6.45, 7) is 0. The zero-order valence-corrected chi connectivity index (χ0v) is 11.9. The van der Waals surface area contributed by atoms with Crippen molar-refractivity contribution in [3.05, 3.63) is 70.0 Å². The molecule has 122 valence electrons. The Hall–Kier alpha value is -3.16. The fourth-order valence-corrected chi connectivity index (χ4v) is 2.39. The maximum atomic E-state index is 13.2. The molecule has 0 spiro atoms. The molecule has 1 heterocycles. The van der Waals surface area contributed by atoms with Crippen LogP contribution in [0.4, 0.5) is 13.2 Å². The van der Waals surface area contributed by atoms with Gasteiger partial charge in [-0.15, -0.1) is 0 Å². The van der Waals surface area contributed by atoms with E-state index in [9.17, 15) is 27.9 Å². The molecule has 1 aromatic heterocycles. The van der Waals surface area contributed by atoms with E-state index >= 15 is 0 Å². The first-order valence-corrected chi connectivity index (χ1v) is 6.70. The normalized spacial score (nSPS) is 11.6. The third-order valence-corrected chi connectivity index (χ3v) is 3.42. The van der Waals surface area contributed by atoms with E-state index in [1.165, 1.54) is 36.4 Å². The molecule has 0 aliphatic heterocycles. The minimum absolute atomic E-state index is 0.0594. The molecule has 24 heavy (non-hydrogen) atoms. The van der Waals surface area contributed by atoms with Crippen molar-refractivity contribution in [2.75, 3.05) is 0 Å². The van der Waals surface area contributed by atoms with Crippen LogP contribution < -0.4 is 10.5 Å². The first-order chi connectivity index (χ1) is 11.3. The van der Waals surface area contributed by atoms with Crippen molar-refractivity contribution < 1.29 is 23.1 Å². The molecule has 8 heteroatoms. The summed E-state index contributed by atoms with van der Waals surface area (Å²) < 4.78 is 40.5. The summed E-state index contributed by atoms with van der Waals surface area (Å²) in [5, 5.41) is 14.6. The summed E-state index contributed by atoms with van der Waals surface area (Å²) in [7, 11) is 0. The van der Waals surface area contributed by atoms with E-state index < -0.39 is 28.8 Å². The van der Waals surface area contributed by atoms with Crippen molar-refractivity contribution in [1.29, 1.82) is 0 Å². The lowest BCUT2D eigenvalue weighted by molar-refractivity contribution is -0.255. The van der Waals surface area contributed by atoms with Crippen LogP contribution in [0.2, 0.25) is 0 Å². The summed E-state index contributed by atoms with van der Waals surface area (Å²) in [4.78, 5) is 23.2. The number of rotatable bonds is 2. The molecule has 0 atom stereocenters. The molecule has 0 radical (unpaired) electrons. The van der Waals surface area contributed by atoms with E-state index in [0.717, 1.165) is 16.8 Å². The summed E-state index contributed by atoms with van der Waals surface area (Å²) in [6.07, 6.45) is -4.68. The molecule has 3 rings (SSSR count). The lowest BCUT2D eigenvalue weighted by Gasteiger charge is -2.17. The molecule has 0 amide bonds. The lowest BCUT2D eigenvalue weighted by Crippen LogP contribution is -2.32. The maximum Gasteiger partial charge on any atom is 0.418 e. The van der Waals surface area contributed by atoms with Gasteiger partial charge in [-0.2, -0.15) is 18.3 Å². The molecule has 0 bridgehead atoms. The Morgan fingerprint density at radius 3 is 2.33 bits per heavy atom. The van der Waals surface area contributed by atoms with Gasteiger partial charge in [-0.1, -0.05) is 24.3 Å². The van der Waals surface area contributed by atoms with Gasteiger partial charge in [0.05, 0.1) is 28.1 Å². The largest absolute Gasteiger partial charge is 0.543 e. The van der Waals surface area contributed by atoms with Gasteiger partial charge in [-0.05, 0) is 24.3 Å². The van der Waals surface area contributed by atoms with Gasteiger partial charge in [0.15, 0.2) is 5.69 Å². The minimum Gasteiger partial charge on any atom is -0.543 e. The van der Waals surface area contributed by atoms with Gasteiger partial charge < -0.3 is 9.90 Å². The molecule has 3 aromatic rings. The second-order valence-corrected chi connectivity index (χ2v) is 4.91. The molecule has 0 N–H and O–H groups in total. The average Bonchev–Trinajstić information content (AvgIpc) is 2.54. The van der Waals surface area contributed by atoms with Crippen molar-refractivity contribution in [1.82, 2.24) is 9.78 Å². The van der Waals surface area contributed by atoms with Gasteiger partial charge in [0.1, 0.15) is 0 Å². The zero-order valence-electron chi connectivity index (χ0n) is 11.9. The number of aromatic carboxylic acids is 1. The van der Waals surface area contributed by atoms with Crippen LogP contribution in [0.25, 0.3) is 16.6 Å². The van der Waals surface area contributed by atoms with Crippen LogP contribution in [0.3, 0.4) is 0 Å². The summed E-state index contributed by atoms with van der Waals surface area (Å²) in [5.41, 5.74) is -3.19. The van der Waals surface area contributed by atoms with E-state index in [-0.39, 0.29) is 16.6 Å². The smallest absolute Gasteiger partial charge is 0.418 e. The van der Waals surface area contributed by atoms with Crippen LogP contribution in [-0.4, -0.2) is 15.7 Å². The number of nitrogens with zero attached hydrogens (tertiary/aromatic N) is 2. The van der Waals surface area contributed by atoms with Gasteiger partial charge in [-0.3, -0.25) is 4.79 Å². The molecule has 0 fully saturated rings. The molecule has 5 nitrogen and oxygen atoms in total. The number of carbonyl (C=O) groups excluding carboxylic acids is 1. The van der Waals surface area contributed by atoms with Gasteiger partial charge in [-0.25, -0.2) is 4.68 Å². The SMILES string of the molecule is O=C([O-])c1nn(-c2ccccc2C(F)(F)F)c2ccccc2c1=O. The number of carboxylic acid groups (broad SMARTS) is 1. The van der Waals surface area contributed by atoms with Crippen LogP contribution in [0.1, 0.15) is 16.1 Å². The summed E-state index contributed by atoms with van der Waals surface area (Å²) in [5.74, 6) is -1.86. The quantitative estimate of drug-likeness (QED) is 0.716. The van der Waals surface area contributed by atoms with E-state index in [0.29, 0.717) is 0 Å². The highest BCUT2D eigenvalue weighted by molar-refractivity contribution is 5.89. The van der Waals surface area contributed by atoms with Crippen LogP contribution >= 0.6 is 0 Å². The summed E-state index contributed by atoms with van der Waals surface area (Å²) in [6, 6.07) is 10.2. The van der Waals surface area contributed by atoms with Crippen molar-refractivity contribution >= 4 is 16.9 Å². The average molecular weight is 333 g/mol. The van der Waals surface area contributed by atoms with Crippen LogP contribution in [0.5, 0.6) is 0 Å². The predicted molar refractivity (Wildman–Crippen MR) is 76.7 cm³/mol. The number of fused-ring (bicyclic) bond motifs is 1. The number of benzene rings is 2.